The highest BCUT2D eigenvalue weighted by atomic mass is 16.5. The second kappa shape index (κ2) is 8.14. The highest BCUT2D eigenvalue weighted by molar-refractivity contribution is 5.90. The predicted octanol–water partition coefficient (Wildman–Crippen LogP) is 1.94. The molecule has 4 rings (SSSR count). The molecule has 1 aliphatic rings. The van der Waals surface area contributed by atoms with Gasteiger partial charge in [0.05, 0.1) is 25.3 Å². The van der Waals surface area contributed by atoms with Crippen molar-refractivity contribution < 1.29 is 14.3 Å². The predicted molar refractivity (Wildman–Crippen MR) is 103 cm³/mol. The maximum atomic E-state index is 12.8. The van der Waals surface area contributed by atoms with E-state index in [2.05, 4.69) is 21.1 Å². The molecule has 0 N–H and O–H groups in total. The number of nitriles is 1. The van der Waals surface area contributed by atoms with E-state index in [0.717, 1.165) is 12.8 Å². The van der Waals surface area contributed by atoms with Gasteiger partial charge in [0.1, 0.15) is 0 Å². The van der Waals surface area contributed by atoms with E-state index in [1.54, 1.807) is 48.7 Å². The third-order valence-corrected chi connectivity index (χ3v) is 4.88. The Balaban J connectivity index is 1.41. The van der Waals surface area contributed by atoms with E-state index in [1.165, 1.54) is 4.52 Å². The van der Waals surface area contributed by atoms with Crippen LogP contribution in [0, 0.1) is 17.2 Å². The topological polar surface area (TPSA) is 106 Å². The summed E-state index contributed by atoms with van der Waals surface area (Å²) in [4.78, 5) is 22.9. The van der Waals surface area contributed by atoms with Crippen LogP contribution in [0.1, 0.15) is 29.0 Å². The Kier molecular flexibility index (Phi) is 5.24. The van der Waals surface area contributed by atoms with E-state index in [9.17, 15) is 4.79 Å². The van der Waals surface area contributed by atoms with Crippen molar-refractivity contribution in [1.29, 1.82) is 5.26 Å². The molecule has 0 saturated carbocycles. The van der Waals surface area contributed by atoms with Gasteiger partial charge in [0, 0.05) is 37.5 Å². The van der Waals surface area contributed by atoms with Crippen LogP contribution in [-0.2, 0) is 0 Å². The number of hydrogen-bond donors (Lipinski definition) is 0. The van der Waals surface area contributed by atoms with Crippen LogP contribution in [0.3, 0.4) is 0 Å². The summed E-state index contributed by atoms with van der Waals surface area (Å²) in [5, 5.41) is 13.2. The third-order valence-electron chi connectivity index (χ3n) is 4.88. The molecule has 148 valence electrons. The second-order valence-electron chi connectivity index (χ2n) is 6.85. The molecule has 0 spiro atoms. The molecular formula is C20H20N6O3. The number of amides is 1. The molecule has 1 fully saturated rings. The first-order chi connectivity index (χ1) is 14.2. The molecule has 1 aromatic carbocycles. The molecule has 1 atom stereocenters. The number of nitrogens with zero attached hydrogens (tertiary/aromatic N) is 6. The lowest BCUT2D eigenvalue weighted by molar-refractivity contribution is 0.0620. The Morgan fingerprint density at radius 3 is 3.07 bits per heavy atom. The molecule has 9 heteroatoms. The van der Waals surface area contributed by atoms with Crippen molar-refractivity contribution in [2.24, 2.45) is 5.92 Å². The summed E-state index contributed by atoms with van der Waals surface area (Å²) in [7, 11) is 1.54. The molecule has 3 aromatic rings. The van der Waals surface area contributed by atoms with Gasteiger partial charge >= 0.3 is 0 Å². The summed E-state index contributed by atoms with van der Waals surface area (Å²) in [5.41, 5.74) is 0.512. The lowest BCUT2D eigenvalue weighted by Crippen LogP contribution is -2.42. The molecular weight excluding hydrogens is 372 g/mol. The molecule has 0 bridgehead atoms. The lowest BCUT2D eigenvalue weighted by Gasteiger charge is -2.32. The van der Waals surface area contributed by atoms with Gasteiger partial charge in [0.25, 0.3) is 11.7 Å². The van der Waals surface area contributed by atoms with Crippen molar-refractivity contribution in [2.75, 3.05) is 26.8 Å². The number of methoxy groups -OCH3 is 1. The van der Waals surface area contributed by atoms with Crippen LogP contribution in [0.4, 0.5) is 0 Å². The summed E-state index contributed by atoms with van der Waals surface area (Å²) in [5.74, 6) is 1.65. The molecule has 0 radical (unpaired) electrons. The monoisotopic (exact) mass is 392 g/mol. The fourth-order valence-electron chi connectivity index (χ4n) is 3.41. The summed E-state index contributed by atoms with van der Waals surface area (Å²) < 4.78 is 12.7. The Hall–Kier alpha value is -3.67. The average Bonchev–Trinajstić information content (AvgIpc) is 3.21. The smallest absolute Gasteiger partial charge is 0.293 e. The number of piperidine rings is 1. The Labute approximate surface area is 167 Å². The molecule has 1 saturated heterocycles. The van der Waals surface area contributed by atoms with Crippen LogP contribution in [0.15, 0.2) is 36.7 Å². The lowest BCUT2D eigenvalue weighted by atomic mass is 9.99. The zero-order valence-corrected chi connectivity index (χ0v) is 16.0. The second-order valence-corrected chi connectivity index (χ2v) is 6.85. The van der Waals surface area contributed by atoms with Crippen LogP contribution >= 0.6 is 0 Å². The minimum Gasteiger partial charge on any atom is -0.493 e. The Morgan fingerprint density at radius 2 is 2.28 bits per heavy atom. The van der Waals surface area contributed by atoms with Crippen LogP contribution in [0.25, 0.3) is 5.78 Å². The highest BCUT2D eigenvalue weighted by Gasteiger charge is 2.27. The van der Waals surface area contributed by atoms with Gasteiger partial charge in [-0.05, 0) is 31.0 Å². The highest BCUT2D eigenvalue weighted by Crippen LogP contribution is 2.29. The van der Waals surface area contributed by atoms with E-state index >= 15 is 0 Å². The summed E-state index contributed by atoms with van der Waals surface area (Å²) in [6.07, 6.45) is 5.17. The minimum atomic E-state index is -0.198. The van der Waals surface area contributed by atoms with Gasteiger partial charge < -0.3 is 14.4 Å². The maximum absolute atomic E-state index is 12.8. The van der Waals surface area contributed by atoms with E-state index in [-0.39, 0.29) is 17.6 Å². The quantitative estimate of drug-likeness (QED) is 0.653. The van der Waals surface area contributed by atoms with Gasteiger partial charge in [-0.2, -0.15) is 10.2 Å². The Morgan fingerprint density at radius 1 is 1.38 bits per heavy atom. The minimum absolute atomic E-state index is 0.152. The van der Waals surface area contributed by atoms with E-state index in [1.807, 2.05) is 0 Å². The SMILES string of the molecule is COc1cc(C#N)ccc1OCC1CCCN(C(=O)c2nc3ncccn3n2)C1. The first-order valence-electron chi connectivity index (χ1n) is 9.35. The van der Waals surface area contributed by atoms with Crippen LogP contribution in [-0.4, -0.2) is 57.2 Å². The molecule has 1 amide bonds. The van der Waals surface area contributed by atoms with Crippen LogP contribution in [0.2, 0.25) is 0 Å². The number of carbonyl (C=O) groups is 1. The van der Waals surface area contributed by atoms with Gasteiger partial charge in [-0.25, -0.2) is 9.50 Å². The van der Waals surface area contributed by atoms with Crippen molar-refractivity contribution in [3.63, 3.8) is 0 Å². The number of fused-ring (bicyclic) bond motifs is 1. The first kappa shape index (κ1) is 18.7. The summed E-state index contributed by atoms with van der Waals surface area (Å²) >= 11 is 0. The van der Waals surface area contributed by atoms with Crippen LogP contribution < -0.4 is 9.47 Å². The van der Waals surface area contributed by atoms with Crippen molar-refractivity contribution >= 4 is 11.7 Å². The van der Waals surface area contributed by atoms with Gasteiger partial charge in [-0.1, -0.05) is 0 Å². The van der Waals surface area contributed by atoms with Crippen molar-refractivity contribution in [3.05, 3.63) is 48.0 Å². The molecule has 29 heavy (non-hydrogen) atoms. The molecule has 1 unspecified atom stereocenters. The number of likely N-dealkylation sites (tertiary alicyclic amines) is 1. The number of ether oxygens (including phenoxy) is 2. The number of hydrogen-bond acceptors (Lipinski definition) is 7. The van der Waals surface area contributed by atoms with Crippen molar-refractivity contribution in [3.8, 4) is 17.6 Å². The third kappa shape index (κ3) is 3.96. The zero-order chi connectivity index (χ0) is 20.2. The first-order valence-corrected chi connectivity index (χ1v) is 9.35. The zero-order valence-electron chi connectivity index (χ0n) is 16.0. The van der Waals surface area contributed by atoms with Gasteiger partial charge in [-0.15, -0.1) is 5.10 Å². The van der Waals surface area contributed by atoms with Gasteiger partial charge in [0.2, 0.25) is 5.82 Å². The van der Waals surface area contributed by atoms with Gasteiger partial charge in [-0.3, -0.25) is 4.79 Å². The number of aromatic nitrogens is 4. The molecule has 2 aromatic heterocycles. The number of benzene rings is 1. The molecule has 1 aliphatic heterocycles. The summed E-state index contributed by atoms with van der Waals surface area (Å²) in [6, 6.07) is 8.89. The maximum Gasteiger partial charge on any atom is 0.293 e. The number of carbonyl (C=O) groups excluding carboxylic acids is 1. The normalized spacial score (nSPS) is 16.4. The molecule has 3 heterocycles. The Bertz CT molecular complexity index is 1040. The largest absolute Gasteiger partial charge is 0.493 e. The van der Waals surface area contributed by atoms with Crippen molar-refractivity contribution in [2.45, 2.75) is 12.8 Å². The van der Waals surface area contributed by atoms with E-state index < -0.39 is 0 Å². The van der Waals surface area contributed by atoms with E-state index in [0.29, 0.717) is 42.5 Å². The fraction of sp³-hybridized carbons (Fsp3) is 0.350. The molecule has 9 nitrogen and oxygen atoms in total. The van der Waals surface area contributed by atoms with E-state index in [4.69, 9.17) is 14.7 Å². The fourth-order valence-corrected chi connectivity index (χ4v) is 3.41. The molecule has 0 aliphatic carbocycles. The van der Waals surface area contributed by atoms with Gasteiger partial charge in [0.15, 0.2) is 11.5 Å². The standard InChI is InChI=1S/C20H20N6O3/c1-28-17-10-14(11-21)5-6-16(17)29-13-15-4-2-8-25(12-15)19(27)18-23-20-22-7-3-9-26(20)24-18/h3,5-7,9-10,15H,2,4,8,12-13H2,1H3. The van der Waals surface area contributed by atoms with Crippen LogP contribution in [0.5, 0.6) is 11.5 Å². The van der Waals surface area contributed by atoms with Crippen molar-refractivity contribution in [1.82, 2.24) is 24.5 Å². The average molecular weight is 392 g/mol. The number of rotatable bonds is 5. The summed E-state index contributed by atoms with van der Waals surface area (Å²) in [6.45, 7) is 1.69.